The molecule has 0 aliphatic rings. The number of aromatic nitrogens is 3. The van der Waals surface area contributed by atoms with Crippen LogP contribution in [0.1, 0.15) is 56.4 Å². The fourth-order valence-electron chi connectivity index (χ4n) is 4.34. The zero-order chi connectivity index (χ0) is 33.2. The highest BCUT2D eigenvalue weighted by Crippen LogP contribution is 2.35. The summed E-state index contributed by atoms with van der Waals surface area (Å²) >= 11 is 2.09. The Kier molecular flexibility index (Phi) is 11.9. The molecular weight excluding hydrogens is 631 g/mol. The Bertz CT molecular complexity index is 1720. The molecule has 0 aliphatic carbocycles. The summed E-state index contributed by atoms with van der Waals surface area (Å²) < 4.78 is 17.6. The smallest absolute Gasteiger partial charge is 0.348 e. The van der Waals surface area contributed by atoms with Crippen molar-refractivity contribution in [3.05, 3.63) is 81.5 Å². The van der Waals surface area contributed by atoms with E-state index in [4.69, 9.17) is 14.2 Å². The minimum absolute atomic E-state index is 0.0676. The van der Waals surface area contributed by atoms with Crippen LogP contribution in [0.3, 0.4) is 0 Å². The molecule has 0 bridgehead atoms. The molecule has 12 nitrogen and oxygen atoms in total. The summed E-state index contributed by atoms with van der Waals surface area (Å²) in [6.45, 7) is 9.07. The van der Waals surface area contributed by atoms with Crippen molar-refractivity contribution < 1.29 is 33.4 Å². The predicted octanol–water partition coefficient (Wildman–Crippen LogP) is 5.03. The van der Waals surface area contributed by atoms with Gasteiger partial charge in [-0.2, -0.15) is 0 Å². The van der Waals surface area contributed by atoms with Gasteiger partial charge >= 0.3 is 11.9 Å². The molecule has 0 saturated heterocycles. The van der Waals surface area contributed by atoms with E-state index >= 15 is 0 Å². The average Bonchev–Trinajstić information content (AvgIpc) is 3.59. The van der Waals surface area contributed by atoms with E-state index in [0.29, 0.717) is 22.3 Å². The number of hydrogen-bond donors (Lipinski definition) is 2. The lowest BCUT2D eigenvalue weighted by atomic mass is 10.1. The maximum Gasteiger partial charge on any atom is 0.348 e. The van der Waals surface area contributed by atoms with Gasteiger partial charge in [0.2, 0.25) is 5.91 Å². The third-order valence-corrected chi connectivity index (χ3v) is 8.65. The van der Waals surface area contributed by atoms with Gasteiger partial charge in [-0.15, -0.1) is 21.5 Å². The third kappa shape index (κ3) is 8.52. The molecule has 2 amide bonds. The van der Waals surface area contributed by atoms with Crippen LogP contribution in [0, 0.1) is 20.8 Å². The van der Waals surface area contributed by atoms with Crippen LogP contribution in [0.2, 0.25) is 0 Å². The van der Waals surface area contributed by atoms with Crippen LogP contribution in [0.5, 0.6) is 5.75 Å². The van der Waals surface area contributed by atoms with E-state index in [-0.39, 0.29) is 53.5 Å². The lowest BCUT2D eigenvalue weighted by Gasteiger charge is -2.14. The Balaban J connectivity index is 1.52. The summed E-state index contributed by atoms with van der Waals surface area (Å²) in [7, 11) is 0. The molecule has 2 N–H and O–H groups in total. The number of ether oxygens (including phenoxy) is 3. The SMILES string of the molecule is CCOC(=O)c1sc(NC(=O)CSc2nnc(CNC(=O)COc3ccccc3)n2-c2cc(C)ccc2C)c(C(=O)OCC)c1C. The van der Waals surface area contributed by atoms with Crippen molar-refractivity contribution in [2.24, 2.45) is 0 Å². The number of hydrogen-bond acceptors (Lipinski definition) is 11. The molecule has 2 aromatic carbocycles. The molecule has 46 heavy (non-hydrogen) atoms. The Labute approximate surface area is 274 Å². The maximum atomic E-state index is 13.2. The van der Waals surface area contributed by atoms with Gasteiger partial charge in [-0.25, -0.2) is 9.59 Å². The number of carbonyl (C=O) groups is 4. The summed E-state index contributed by atoms with van der Waals surface area (Å²) in [6.07, 6.45) is 0. The predicted molar refractivity (Wildman–Crippen MR) is 175 cm³/mol. The fourth-order valence-corrected chi connectivity index (χ4v) is 6.21. The molecule has 0 saturated carbocycles. The number of nitrogens with one attached hydrogen (secondary N) is 2. The first-order valence-electron chi connectivity index (χ1n) is 14.5. The second kappa shape index (κ2) is 16.0. The van der Waals surface area contributed by atoms with E-state index in [9.17, 15) is 19.2 Å². The van der Waals surface area contributed by atoms with Gasteiger partial charge in [-0.05, 0) is 69.5 Å². The quantitative estimate of drug-likeness (QED) is 0.139. The molecule has 0 fully saturated rings. The summed E-state index contributed by atoms with van der Waals surface area (Å²) in [5.74, 6) is -1.05. The molecular formula is C32H35N5O7S2. The highest BCUT2D eigenvalue weighted by atomic mass is 32.2. The van der Waals surface area contributed by atoms with Crippen LogP contribution >= 0.6 is 23.1 Å². The molecule has 242 valence electrons. The van der Waals surface area contributed by atoms with E-state index in [2.05, 4.69) is 20.8 Å². The minimum atomic E-state index is -0.648. The van der Waals surface area contributed by atoms with Crippen LogP contribution in [0.15, 0.2) is 53.7 Å². The van der Waals surface area contributed by atoms with Crippen molar-refractivity contribution in [1.82, 2.24) is 20.1 Å². The van der Waals surface area contributed by atoms with Gasteiger partial charge in [0.05, 0.1) is 36.8 Å². The lowest BCUT2D eigenvalue weighted by molar-refractivity contribution is -0.123. The highest BCUT2D eigenvalue weighted by molar-refractivity contribution is 7.99. The number of rotatable bonds is 14. The zero-order valence-electron chi connectivity index (χ0n) is 26.2. The highest BCUT2D eigenvalue weighted by Gasteiger charge is 2.27. The van der Waals surface area contributed by atoms with Gasteiger partial charge in [0.25, 0.3) is 5.91 Å². The summed E-state index contributed by atoms with van der Waals surface area (Å²) in [4.78, 5) is 51.2. The summed E-state index contributed by atoms with van der Waals surface area (Å²) in [6, 6.07) is 15.0. The van der Waals surface area contributed by atoms with Crippen LogP contribution < -0.4 is 15.4 Å². The van der Waals surface area contributed by atoms with Crippen molar-refractivity contribution in [3.8, 4) is 11.4 Å². The Morgan fingerprint density at radius 1 is 0.913 bits per heavy atom. The number of thioether (sulfide) groups is 1. The molecule has 0 unspecified atom stereocenters. The first-order valence-corrected chi connectivity index (χ1v) is 16.3. The van der Waals surface area contributed by atoms with E-state index < -0.39 is 17.8 Å². The molecule has 4 aromatic rings. The number of thiophene rings is 1. The average molecular weight is 666 g/mol. The normalized spacial score (nSPS) is 10.7. The van der Waals surface area contributed by atoms with Crippen LogP contribution in [0.25, 0.3) is 5.69 Å². The maximum absolute atomic E-state index is 13.2. The number of carbonyl (C=O) groups excluding carboxylic acids is 4. The topological polar surface area (TPSA) is 151 Å². The lowest BCUT2D eigenvalue weighted by Crippen LogP contribution is -2.29. The van der Waals surface area contributed by atoms with Crippen molar-refractivity contribution in [1.29, 1.82) is 0 Å². The van der Waals surface area contributed by atoms with Crippen molar-refractivity contribution in [2.75, 3.05) is 30.9 Å². The second-order valence-corrected chi connectivity index (χ2v) is 11.9. The molecule has 0 aliphatic heterocycles. The van der Waals surface area contributed by atoms with Gasteiger partial charge in [0.1, 0.15) is 15.6 Å². The molecule has 0 atom stereocenters. The first-order chi connectivity index (χ1) is 22.1. The Morgan fingerprint density at radius 2 is 1.63 bits per heavy atom. The van der Waals surface area contributed by atoms with Gasteiger partial charge in [0.15, 0.2) is 17.6 Å². The molecule has 2 aromatic heterocycles. The number of benzene rings is 2. The van der Waals surface area contributed by atoms with Gasteiger partial charge in [-0.3, -0.25) is 14.2 Å². The number of anilines is 1. The van der Waals surface area contributed by atoms with Crippen LogP contribution in [0.4, 0.5) is 5.00 Å². The first kappa shape index (κ1) is 34.2. The number of para-hydroxylation sites is 1. The second-order valence-electron chi connectivity index (χ2n) is 9.94. The molecule has 0 radical (unpaired) electrons. The Morgan fingerprint density at radius 3 is 2.35 bits per heavy atom. The zero-order valence-corrected chi connectivity index (χ0v) is 27.8. The fraction of sp³-hybridized carbons (Fsp3) is 0.312. The van der Waals surface area contributed by atoms with E-state index in [1.807, 2.05) is 50.2 Å². The minimum Gasteiger partial charge on any atom is -0.484 e. The molecule has 4 rings (SSSR count). The van der Waals surface area contributed by atoms with Crippen LogP contribution in [-0.2, 0) is 25.6 Å². The van der Waals surface area contributed by atoms with Crippen molar-refractivity contribution >= 4 is 51.9 Å². The molecule has 14 heteroatoms. The van der Waals surface area contributed by atoms with E-state index in [0.717, 1.165) is 39.9 Å². The van der Waals surface area contributed by atoms with Gasteiger partial charge in [0, 0.05) is 0 Å². The number of aryl methyl sites for hydroxylation is 2. The standard InChI is InChI=1S/C32H35N5O7S2/c1-6-42-30(40)27-21(5)28(31(41)43-7-2)46-29(27)34-26(39)18-45-32-36-35-24(37(32)23-15-19(3)13-14-20(23)4)16-33-25(38)17-44-22-11-9-8-10-12-22/h8-15H,6-7,16-18H2,1-5H3,(H,33,38)(H,34,39). The van der Waals surface area contributed by atoms with Crippen molar-refractivity contribution in [3.63, 3.8) is 0 Å². The van der Waals surface area contributed by atoms with Crippen LogP contribution in [-0.4, -0.2) is 64.1 Å². The third-order valence-electron chi connectivity index (χ3n) is 6.54. The van der Waals surface area contributed by atoms with Gasteiger partial charge in [-0.1, -0.05) is 42.1 Å². The number of esters is 2. The number of amides is 2. The van der Waals surface area contributed by atoms with Crippen molar-refractivity contribution in [2.45, 2.75) is 46.3 Å². The summed E-state index contributed by atoms with van der Waals surface area (Å²) in [5, 5.41) is 14.8. The van der Waals surface area contributed by atoms with E-state index in [1.165, 1.54) is 0 Å². The molecule has 0 spiro atoms. The molecule has 2 heterocycles. The largest absolute Gasteiger partial charge is 0.484 e. The monoisotopic (exact) mass is 665 g/mol. The summed E-state index contributed by atoms with van der Waals surface area (Å²) in [5.41, 5.74) is 3.24. The number of nitrogens with zero attached hydrogens (tertiary/aromatic N) is 3. The van der Waals surface area contributed by atoms with Gasteiger partial charge < -0.3 is 24.8 Å². The Hall–Kier alpha value is -4.69. The van der Waals surface area contributed by atoms with E-state index in [1.54, 1.807) is 37.5 Å².